The van der Waals surface area contributed by atoms with Gasteiger partial charge in [0.2, 0.25) is 5.91 Å². The van der Waals surface area contributed by atoms with Gasteiger partial charge in [0.25, 0.3) is 5.69 Å². The Balaban J connectivity index is 1.66. The van der Waals surface area contributed by atoms with Crippen molar-refractivity contribution in [3.63, 3.8) is 0 Å². The average Bonchev–Trinajstić information content (AvgIpc) is 2.89. The van der Waals surface area contributed by atoms with E-state index in [2.05, 4.69) is 10.6 Å². The Kier molecular flexibility index (Phi) is 6.44. The molecule has 1 aromatic carbocycles. The van der Waals surface area contributed by atoms with Crippen LogP contribution in [0.2, 0.25) is 0 Å². The molecular formula is C14H19N3O5S2. The Morgan fingerprint density at radius 1 is 1.33 bits per heavy atom. The number of carbonyl (C=O) groups excluding carboxylic acids is 1. The number of nitrogens with zero attached hydrogens (tertiary/aromatic N) is 1. The minimum absolute atomic E-state index is 0.00848. The number of thioether (sulfide) groups is 1. The summed E-state index contributed by atoms with van der Waals surface area (Å²) < 4.78 is 22.7. The van der Waals surface area contributed by atoms with Crippen LogP contribution in [0.3, 0.4) is 0 Å². The third kappa shape index (κ3) is 5.68. The molecule has 0 aliphatic carbocycles. The summed E-state index contributed by atoms with van der Waals surface area (Å²) in [5.74, 6) is 0.385. The van der Waals surface area contributed by atoms with Crippen molar-refractivity contribution in [2.45, 2.75) is 11.7 Å². The molecule has 1 atom stereocenters. The molecule has 1 aliphatic rings. The number of nitrogens with one attached hydrogen (secondary N) is 2. The maximum atomic E-state index is 11.7. The Morgan fingerprint density at radius 3 is 2.75 bits per heavy atom. The molecule has 1 saturated heterocycles. The van der Waals surface area contributed by atoms with Crippen LogP contribution in [-0.4, -0.2) is 54.8 Å². The van der Waals surface area contributed by atoms with E-state index in [1.807, 2.05) is 0 Å². The molecule has 1 fully saturated rings. The van der Waals surface area contributed by atoms with Crippen LogP contribution in [0.25, 0.3) is 0 Å². The number of benzene rings is 1. The fourth-order valence-corrected chi connectivity index (χ4v) is 5.79. The lowest BCUT2D eigenvalue weighted by molar-refractivity contribution is -0.384. The van der Waals surface area contributed by atoms with Gasteiger partial charge in [-0.1, -0.05) is 12.1 Å². The van der Waals surface area contributed by atoms with Gasteiger partial charge in [0.05, 0.1) is 22.2 Å². The molecule has 132 valence electrons. The molecule has 0 unspecified atom stereocenters. The normalized spacial score (nSPS) is 18.9. The third-order valence-electron chi connectivity index (χ3n) is 3.50. The Labute approximate surface area is 144 Å². The van der Waals surface area contributed by atoms with Gasteiger partial charge in [0.15, 0.2) is 9.84 Å². The summed E-state index contributed by atoms with van der Waals surface area (Å²) in [7, 11) is -2.92. The first-order chi connectivity index (χ1) is 11.4. The van der Waals surface area contributed by atoms with E-state index < -0.39 is 14.8 Å². The largest absolute Gasteiger partial charge is 0.378 e. The van der Waals surface area contributed by atoms with Gasteiger partial charge < -0.3 is 10.6 Å². The highest BCUT2D eigenvalue weighted by atomic mass is 32.2. The predicted octanol–water partition coefficient (Wildman–Crippen LogP) is 1.04. The third-order valence-corrected chi connectivity index (χ3v) is 6.79. The molecule has 0 bridgehead atoms. The number of carbonyl (C=O) groups is 1. The van der Waals surface area contributed by atoms with Crippen LogP contribution in [0.5, 0.6) is 0 Å². The maximum absolute atomic E-state index is 11.7. The first kappa shape index (κ1) is 18.5. The van der Waals surface area contributed by atoms with Gasteiger partial charge in [0.1, 0.15) is 5.69 Å². The van der Waals surface area contributed by atoms with E-state index in [1.54, 1.807) is 18.2 Å². The van der Waals surface area contributed by atoms with Crippen LogP contribution in [-0.2, 0) is 14.6 Å². The van der Waals surface area contributed by atoms with Crippen LogP contribution in [0.4, 0.5) is 11.4 Å². The van der Waals surface area contributed by atoms with E-state index in [4.69, 9.17) is 0 Å². The zero-order chi connectivity index (χ0) is 17.6. The van der Waals surface area contributed by atoms with Crippen molar-refractivity contribution in [2.75, 3.05) is 35.7 Å². The second kappa shape index (κ2) is 8.34. The fraction of sp³-hybridized carbons (Fsp3) is 0.500. The van der Waals surface area contributed by atoms with Crippen LogP contribution >= 0.6 is 11.8 Å². The first-order valence-corrected chi connectivity index (χ1v) is 10.3. The lowest BCUT2D eigenvalue weighted by atomic mass is 10.2. The molecule has 0 aromatic heterocycles. The lowest BCUT2D eigenvalue weighted by Gasteiger charge is -2.10. The summed E-state index contributed by atoms with van der Waals surface area (Å²) in [6.45, 7) is 0.688. The van der Waals surface area contributed by atoms with Gasteiger partial charge >= 0.3 is 0 Å². The molecule has 0 saturated carbocycles. The molecular weight excluding hydrogens is 354 g/mol. The lowest BCUT2D eigenvalue weighted by Crippen LogP contribution is -2.30. The topological polar surface area (TPSA) is 118 Å². The fourth-order valence-electron chi connectivity index (χ4n) is 2.32. The quantitative estimate of drug-likeness (QED) is 0.397. The molecule has 24 heavy (non-hydrogen) atoms. The molecule has 1 amide bonds. The first-order valence-electron chi connectivity index (χ1n) is 7.43. The van der Waals surface area contributed by atoms with Gasteiger partial charge in [-0.15, -0.1) is 11.8 Å². The molecule has 8 nitrogen and oxygen atoms in total. The second-order valence-corrected chi connectivity index (χ2v) is 8.90. The zero-order valence-electron chi connectivity index (χ0n) is 12.9. The number of hydrogen-bond donors (Lipinski definition) is 2. The smallest absolute Gasteiger partial charge is 0.292 e. The summed E-state index contributed by atoms with van der Waals surface area (Å²) in [5, 5.41) is 16.5. The molecule has 10 heteroatoms. The summed E-state index contributed by atoms with van der Waals surface area (Å²) in [6.07, 6.45) is 0.597. The summed E-state index contributed by atoms with van der Waals surface area (Å²) >= 11 is 1.35. The van der Waals surface area contributed by atoms with Crippen LogP contribution in [0.15, 0.2) is 24.3 Å². The molecule has 2 rings (SSSR count). The number of rotatable bonds is 8. The number of amides is 1. The number of sulfone groups is 1. The maximum Gasteiger partial charge on any atom is 0.292 e. The van der Waals surface area contributed by atoms with Gasteiger partial charge in [-0.3, -0.25) is 14.9 Å². The minimum atomic E-state index is -2.92. The molecule has 0 spiro atoms. The van der Waals surface area contributed by atoms with Crippen LogP contribution < -0.4 is 10.6 Å². The minimum Gasteiger partial charge on any atom is -0.378 e. The summed E-state index contributed by atoms with van der Waals surface area (Å²) in [4.78, 5) is 22.1. The van der Waals surface area contributed by atoms with Gasteiger partial charge in [-0.25, -0.2) is 8.42 Å². The highest BCUT2D eigenvalue weighted by Gasteiger charge is 2.28. The summed E-state index contributed by atoms with van der Waals surface area (Å²) in [5.41, 5.74) is 0.393. The van der Waals surface area contributed by atoms with Crippen molar-refractivity contribution >= 4 is 38.9 Å². The van der Waals surface area contributed by atoms with E-state index in [0.29, 0.717) is 25.2 Å². The number of nitro groups is 1. The summed E-state index contributed by atoms with van der Waals surface area (Å²) in [6, 6.07) is 6.30. The van der Waals surface area contributed by atoms with Crippen molar-refractivity contribution in [3.8, 4) is 0 Å². The highest BCUT2D eigenvalue weighted by Crippen LogP contribution is 2.24. The van der Waals surface area contributed by atoms with Crippen molar-refractivity contribution in [2.24, 2.45) is 0 Å². The van der Waals surface area contributed by atoms with Crippen LogP contribution in [0.1, 0.15) is 6.42 Å². The van der Waals surface area contributed by atoms with Gasteiger partial charge in [-0.2, -0.15) is 0 Å². The van der Waals surface area contributed by atoms with Gasteiger partial charge in [0, 0.05) is 24.4 Å². The number of nitro benzene ring substituents is 1. The predicted molar refractivity (Wildman–Crippen MR) is 94.1 cm³/mol. The van der Waals surface area contributed by atoms with E-state index >= 15 is 0 Å². The molecule has 0 radical (unpaired) electrons. The zero-order valence-corrected chi connectivity index (χ0v) is 14.6. The van der Waals surface area contributed by atoms with Gasteiger partial charge in [-0.05, 0) is 12.5 Å². The van der Waals surface area contributed by atoms with Crippen molar-refractivity contribution in [3.05, 3.63) is 34.4 Å². The highest BCUT2D eigenvalue weighted by molar-refractivity contribution is 8.02. The molecule has 1 aromatic rings. The number of para-hydroxylation sites is 2. The Morgan fingerprint density at radius 2 is 2.08 bits per heavy atom. The SMILES string of the molecule is O=C(CS[C@@H]1CCS(=O)(=O)C1)NCCNc1ccccc1[N+](=O)[O-]. The molecule has 1 aliphatic heterocycles. The monoisotopic (exact) mass is 373 g/mol. The van der Waals surface area contributed by atoms with Crippen LogP contribution in [0, 0.1) is 10.1 Å². The number of anilines is 1. The van der Waals surface area contributed by atoms with E-state index in [-0.39, 0.29) is 34.1 Å². The van der Waals surface area contributed by atoms with Crippen molar-refractivity contribution in [1.82, 2.24) is 5.32 Å². The Bertz CT molecular complexity index is 708. The standard InChI is InChI=1S/C14H19N3O5S2/c18-14(9-23-11-5-8-24(21,22)10-11)16-7-6-15-12-3-1-2-4-13(12)17(19)20/h1-4,11,15H,5-10H2,(H,16,18)/t11-/m1/s1. The molecule has 2 N–H and O–H groups in total. The second-order valence-electron chi connectivity index (χ2n) is 5.39. The Hall–Kier alpha value is -1.81. The number of hydrogen-bond acceptors (Lipinski definition) is 7. The van der Waals surface area contributed by atoms with E-state index in [1.165, 1.54) is 17.8 Å². The average molecular weight is 373 g/mol. The molecule has 1 heterocycles. The van der Waals surface area contributed by atoms with E-state index in [0.717, 1.165) is 0 Å². The van der Waals surface area contributed by atoms with Crippen molar-refractivity contribution < 1.29 is 18.1 Å². The van der Waals surface area contributed by atoms with Crippen molar-refractivity contribution in [1.29, 1.82) is 0 Å². The van der Waals surface area contributed by atoms with E-state index in [9.17, 15) is 23.3 Å².